The molecule has 0 aromatic heterocycles. The Morgan fingerprint density at radius 2 is 2.06 bits per heavy atom. The van der Waals surface area contributed by atoms with Crippen molar-refractivity contribution >= 4 is 16.6 Å². The molecular formula is C11H12ClNO3. The van der Waals surface area contributed by atoms with Crippen LogP contribution in [0.1, 0.15) is 12.5 Å². The van der Waals surface area contributed by atoms with Crippen molar-refractivity contribution in [2.24, 2.45) is 0 Å². The predicted octanol–water partition coefficient (Wildman–Crippen LogP) is 2.29. The Hall–Kier alpha value is -1.39. The molecule has 0 aliphatic rings. The molecule has 0 radical (unpaired) electrons. The van der Waals surface area contributed by atoms with Crippen LogP contribution in [0.3, 0.4) is 0 Å². The number of aliphatic hydroxyl groups is 1. The van der Waals surface area contributed by atoms with E-state index >= 15 is 0 Å². The SMILES string of the molecule is C/C(=C(\Cl)c1ccccc1)[C@H](O)C[N+](=O)[O-]. The molecule has 0 fully saturated rings. The number of nitro groups is 1. The first-order valence-corrected chi connectivity index (χ1v) is 5.11. The van der Waals surface area contributed by atoms with E-state index in [-0.39, 0.29) is 0 Å². The van der Waals surface area contributed by atoms with E-state index in [2.05, 4.69) is 0 Å². The summed E-state index contributed by atoms with van der Waals surface area (Å²) in [6.07, 6.45) is -1.15. The minimum Gasteiger partial charge on any atom is -0.382 e. The number of hydrogen-bond donors (Lipinski definition) is 1. The second-order valence-electron chi connectivity index (χ2n) is 3.39. The van der Waals surface area contributed by atoms with E-state index in [4.69, 9.17) is 11.6 Å². The van der Waals surface area contributed by atoms with E-state index in [1.807, 2.05) is 18.2 Å². The van der Waals surface area contributed by atoms with E-state index in [0.717, 1.165) is 5.56 Å². The summed E-state index contributed by atoms with van der Waals surface area (Å²) in [7, 11) is 0. The molecule has 0 unspecified atom stereocenters. The number of rotatable bonds is 4. The van der Waals surface area contributed by atoms with Crippen molar-refractivity contribution in [2.75, 3.05) is 6.54 Å². The lowest BCUT2D eigenvalue weighted by Crippen LogP contribution is -2.20. The van der Waals surface area contributed by atoms with Gasteiger partial charge >= 0.3 is 0 Å². The summed E-state index contributed by atoms with van der Waals surface area (Å²) in [5, 5.41) is 20.1. The molecule has 1 N–H and O–H groups in total. The lowest BCUT2D eigenvalue weighted by molar-refractivity contribution is -0.488. The molecule has 0 aliphatic heterocycles. The largest absolute Gasteiger partial charge is 0.382 e. The van der Waals surface area contributed by atoms with Crippen LogP contribution in [0.4, 0.5) is 0 Å². The van der Waals surface area contributed by atoms with Crippen LogP contribution in [0.2, 0.25) is 0 Å². The third-order valence-electron chi connectivity index (χ3n) is 2.20. The molecule has 5 heteroatoms. The lowest BCUT2D eigenvalue weighted by Gasteiger charge is -2.09. The second-order valence-corrected chi connectivity index (χ2v) is 3.77. The highest BCUT2D eigenvalue weighted by atomic mass is 35.5. The maximum atomic E-state index is 10.3. The van der Waals surface area contributed by atoms with Crippen molar-refractivity contribution in [2.45, 2.75) is 13.0 Å². The maximum absolute atomic E-state index is 10.3. The van der Waals surface area contributed by atoms with Crippen LogP contribution in [0.15, 0.2) is 35.9 Å². The van der Waals surface area contributed by atoms with Crippen molar-refractivity contribution in [3.63, 3.8) is 0 Å². The van der Waals surface area contributed by atoms with Crippen LogP contribution in [-0.4, -0.2) is 22.7 Å². The number of nitrogens with zero attached hydrogens (tertiary/aromatic N) is 1. The average molecular weight is 242 g/mol. The molecule has 0 heterocycles. The van der Waals surface area contributed by atoms with Crippen LogP contribution in [0, 0.1) is 10.1 Å². The van der Waals surface area contributed by atoms with Crippen LogP contribution in [0.25, 0.3) is 5.03 Å². The van der Waals surface area contributed by atoms with E-state index in [1.165, 1.54) is 0 Å². The van der Waals surface area contributed by atoms with E-state index in [9.17, 15) is 15.2 Å². The second kappa shape index (κ2) is 5.63. The first-order valence-electron chi connectivity index (χ1n) is 4.74. The van der Waals surface area contributed by atoms with Gasteiger partial charge in [-0.15, -0.1) is 0 Å². The number of benzene rings is 1. The fraction of sp³-hybridized carbons (Fsp3) is 0.273. The topological polar surface area (TPSA) is 63.4 Å². The van der Waals surface area contributed by atoms with Gasteiger partial charge in [0.25, 0.3) is 0 Å². The van der Waals surface area contributed by atoms with Gasteiger partial charge in [0.2, 0.25) is 6.54 Å². The minimum atomic E-state index is -1.15. The van der Waals surface area contributed by atoms with E-state index in [0.29, 0.717) is 10.6 Å². The third kappa shape index (κ3) is 3.32. The quantitative estimate of drug-likeness (QED) is 0.650. The molecule has 0 amide bonds. The zero-order valence-corrected chi connectivity index (χ0v) is 9.52. The third-order valence-corrected chi connectivity index (χ3v) is 2.71. The molecule has 0 saturated carbocycles. The van der Waals surface area contributed by atoms with Crippen molar-refractivity contribution in [1.29, 1.82) is 0 Å². The lowest BCUT2D eigenvalue weighted by atomic mass is 10.1. The Balaban J connectivity index is 2.92. The standard InChI is InChI=1S/C11H12ClNO3/c1-8(10(14)7-13(15)16)11(12)9-5-3-2-4-6-9/h2-6,10,14H,7H2,1H3/b11-8+/t10-/m1/s1. The van der Waals surface area contributed by atoms with Crippen molar-refractivity contribution in [1.82, 2.24) is 0 Å². The molecule has 4 nitrogen and oxygen atoms in total. The molecule has 0 aliphatic carbocycles. The zero-order valence-electron chi connectivity index (χ0n) is 8.76. The summed E-state index contributed by atoms with van der Waals surface area (Å²) >= 11 is 6.03. The Labute approximate surface area is 98.3 Å². The fourth-order valence-electron chi connectivity index (χ4n) is 1.24. The first kappa shape index (κ1) is 12.7. The summed E-state index contributed by atoms with van der Waals surface area (Å²) < 4.78 is 0. The molecular weight excluding hydrogens is 230 g/mol. The van der Waals surface area contributed by atoms with Crippen molar-refractivity contribution < 1.29 is 10.0 Å². The smallest absolute Gasteiger partial charge is 0.233 e. The molecule has 1 aromatic carbocycles. The molecule has 0 spiro atoms. The van der Waals surface area contributed by atoms with Gasteiger partial charge in [0, 0.05) is 9.96 Å². The summed E-state index contributed by atoms with van der Waals surface area (Å²) in [5.41, 5.74) is 1.15. The van der Waals surface area contributed by atoms with Gasteiger partial charge in [-0.05, 0) is 18.1 Å². The molecule has 1 atom stereocenters. The Morgan fingerprint density at radius 1 is 1.50 bits per heavy atom. The first-order chi connectivity index (χ1) is 7.52. The van der Waals surface area contributed by atoms with Gasteiger partial charge in [0.05, 0.1) is 0 Å². The van der Waals surface area contributed by atoms with Crippen LogP contribution < -0.4 is 0 Å². The van der Waals surface area contributed by atoms with Crippen LogP contribution >= 0.6 is 11.6 Å². The predicted molar refractivity (Wildman–Crippen MR) is 62.8 cm³/mol. The molecule has 0 saturated heterocycles. The zero-order chi connectivity index (χ0) is 12.1. The molecule has 16 heavy (non-hydrogen) atoms. The van der Waals surface area contributed by atoms with Crippen molar-refractivity contribution in [3.8, 4) is 0 Å². The minimum absolute atomic E-state index is 0.356. The highest BCUT2D eigenvalue weighted by Crippen LogP contribution is 2.24. The van der Waals surface area contributed by atoms with Gasteiger partial charge in [-0.25, -0.2) is 0 Å². The number of halogens is 1. The van der Waals surface area contributed by atoms with Crippen molar-refractivity contribution in [3.05, 3.63) is 51.6 Å². The van der Waals surface area contributed by atoms with Gasteiger partial charge < -0.3 is 5.11 Å². The summed E-state index contributed by atoms with van der Waals surface area (Å²) in [6, 6.07) is 9.03. The Morgan fingerprint density at radius 3 is 2.56 bits per heavy atom. The number of aliphatic hydroxyl groups excluding tert-OH is 1. The van der Waals surface area contributed by atoms with Gasteiger partial charge in [-0.3, -0.25) is 10.1 Å². The number of hydrogen-bond acceptors (Lipinski definition) is 3. The molecule has 86 valence electrons. The van der Waals surface area contributed by atoms with E-state index < -0.39 is 17.6 Å². The Kier molecular flexibility index (Phi) is 4.46. The van der Waals surface area contributed by atoms with Gasteiger partial charge in [-0.1, -0.05) is 41.9 Å². The van der Waals surface area contributed by atoms with Gasteiger partial charge in [0.15, 0.2) is 0 Å². The van der Waals surface area contributed by atoms with Crippen LogP contribution in [-0.2, 0) is 0 Å². The summed E-state index contributed by atoms with van der Waals surface area (Å²) in [6.45, 7) is 1.05. The summed E-state index contributed by atoms with van der Waals surface area (Å²) in [5.74, 6) is 0. The summed E-state index contributed by atoms with van der Waals surface area (Å²) in [4.78, 5) is 9.69. The average Bonchev–Trinajstić information content (AvgIpc) is 2.27. The van der Waals surface area contributed by atoms with E-state index in [1.54, 1.807) is 19.1 Å². The van der Waals surface area contributed by atoms with Crippen LogP contribution in [0.5, 0.6) is 0 Å². The highest BCUT2D eigenvalue weighted by Gasteiger charge is 2.17. The molecule has 0 bridgehead atoms. The normalized spacial score (nSPS) is 14.2. The van der Waals surface area contributed by atoms with Gasteiger partial charge in [-0.2, -0.15) is 0 Å². The monoisotopic (exact) mass is 241 g/mol. The highest BCUT2D eigenvalue weighted by molar-refractivity contribution is 6.49. The molecule has 1 rings (SSSR count). The molecule has 1 aromatic rings. The fourth-order valence-corrected chi connectivity index (χ4v) is 1.49. The Bertz CT molecular complexity index is 403. The maximum Gasteiger partial charge on any atom is 0.233 e. The van der Waals surface area contributed by atoms with Gasteiger partial charge in [0.1, 0.15) is 6.10 Å².